The molecule has 1 rings (SSSR count). The predicted octanol–water partition coefficient (Wildman–Crippen LogP) is 3.52. The highest BCUT2D eigenvalue weighted by atomic mass is 28.3. The molecule has 0 aliphatic carbocycles. The van der Waals surface area contributed by atoms with E-state index in [0.29, 0.717) is 0 Å². The van der Waals surface area contributed by atoms with Crippen molar-refractivity contribution in [2.75, 3.05) is 0 Å². The lowest BCUT2D eigenvalue weighted by molar-refractivity contribution is 0.571. The number of hydrogen-bond acceptors (Lipinski definition) is 1. The fourth-order valence-corrected chi connectivity index (χ4v) is 2.03. The molecule has 75 valence electrons. The fraction of sp³-hybridized carbons (Fsp3) is 0.333. The summed E-state index contributed by atoms with van der Waals surface area (Å²) in [4.78, 5) is 0. The van der Waals surface area contributed by atoms with E-state index < -0.39 is 9.04 Å². The van der Waals surface area contributed by atoms with E-state index in [2.05, 4.69) is 38.7 Å². The van der Waals surface area contributed by atoms with E-state index in [1.165, 1.54) is 5.56 Å². The van der Waals surface area contributed by atoms with Crippen LogP contribution in [0.25, 0.3) is 6.08 Å². The third kappa shape index (κ3) is 2.48. The van der Waals surface area contributed by atoms with Crippen LogP contribution in [0.4, 0.5) is 0 Å². The van der Waals surface area contributed by atoms with Gasteiger partial charge in [-0.1, -0.05) is 37.8 Å². The molecule has 0 unspecified atom stereocenters. The lowest BCUT2D eigenvalue weighted by Crippen LogP contribution is -2.13. The van der Waals surface area contributed by atoms with E-state index in [0.717, 1.165) is 17.7 Å². The largest absolute Gasteiger partial charge is 0.542 e. The minimum atomic E-state index is -0.699. The van der Waals surface area contributed by atoms with Gasteiger partial charge in [-0.25, -0.2) is 0 Å². The second-order valence-electron chi connectivity index (χ2n) is 3.40. The summed E-state index contributed by atoms with van der Waals surface area (Å²) in [7, 11) is -0.699. The van der Waals surface area contributed by atoms with Gasteiger partial charge >= 0.3 is 0 Å². The first-order valence-corrected chi connectivity index (χ1v) is 7.32. The molecule has 0 bridgehead atoms. The Bertz CT molecular complexity index is 318. The lowest BCUT2D eigenvalue weighted by Gasteiger charge is -2.15. The summed E-state index contributed by atoms with van der Waals surface area (Å²) in [5.41, 5.74) is 2.38. The van der Waals surface area contributed by atoms with E-state index in [-0.39, 0.29) is 0 Å². The van der Waals surface area contributed by atoms with Gasteiger partial charge in [-0.2, -0.15) is 0 Å². The van der Waals surface area contributed by atoms with E-state index in [9.17, 15) is 0 Å². The maximum absolute atomic E-state index is 5.89. The summed E-state index contributed by atoms with van der Waals surface area (Å²) in [6.07, 6.45) is 2.87. The summed E-state index contributed by atoms with van der Waals surface area (Å²) in [6, 6.07) is 6.22. The third-order valence-electron chi connectivity index (χ3n) is 2.03. The molecule has 1 radical (unpaired) electrons. The van der Waals surface area contributed by atoms with Gasteiger partial charge < -0.3 is 4.43 Å². The maximum Gasteiger partial charge on any atom is 0.274 e. The minimum Gasteiger partial charge on any atom is -0.542 e. The zero-order valence-corrected chi connectivity index (χ0v) is 10.1. The van der Waals surface area contributed by atoms with Crippen LogP contribution in [0.1, 0.15) is 18.1 Å². The van der Waals surface area contributed by atoms with Crippen molar-refractivity contribution in [2.24, 2.45) is 0 Å². The van der Waals surface area contributed by atoms with Gasteiger partial charge in [-0.15, -0.1) is 0 Å². The normalized spacial score (nSPS) is 10.3. The van der Waals surface area contributed by atoms with Crippen molar-refractivity contribution in [3.05, 3.63) is 35.9 Å². The van der Waals surface area contributed by atoms with Crippen molar-refractivity contribution in [3.63, 3.8) is 0 Å². The molecule has 0 amide bonds. The molecule has 0 spiro atoms. The molecule has 14 heavy (non-hydrogen) atoms. The summed E-state index contributed by atoms with van der Waals surface area (Å²) in [5.74, 6) is 1.03. The van der Waals surface area contributed by atoms with Crippen molar-refractivity contribution in [3.8, 4) is 5.75 Å². The summed E-state index contributed by atoms with van der Waals surface area (Å²) in [5, 5.41) is 0. The summed E-state index contributed by atoms with van der Waals surface area (Å²) in [6.45, 7) is 10.2. The van der Waals surface area contributed by atoms with Gasteiger partial charge in [0, 0.05) is 5.56 Å². The van der Waals surface area contributed by atoms with Crippen LogP contribution in [0.15, 0.2) is 24.8 Å². The molecule has 0 fully saturated rings. The number of benzene rings is 1. The molecule has 0 atom stereocenters. The van der Waals surface area contributed by atoms with Gasteiger partial charge in [0.05, 0.1) is 0 Å². The molecule has 0 N–H and O–H groups in total. The first-order valence-electron chi connectivity index (χ1n) is 4.91. The second kappa shape index (κ2) is 5.01. The van der Waals surface area contributed by atoms with Gasteiger partial charge in [-0.3, -0.25) is 0 Å². The third-order valence-corrected chi connectivity index (χ3v) is 2.65. The summed E-state index contributed by atoms with van der Waals surface area (Å²) < 4.78 is 5.89. The van der Waals surface area contributed by atoms with Crippen molar-refractivity contribution in [1.82, 2.24) is 0 Å². The lowest BCUT2D eigenvalue weighted by atomic mass is 10.1. The van der Waals surface area contributed by atoms with Crippen LogP contribution in [-0.4, -0.2) is 9.04 Å². The number of aryl methyl sites for hydroxylation is 1. The molecule has 0 saturated carbocycles. The Morgan fingerprint density at radius 1 is 1.43 bits per heavy atom. The van der Waals surface area contributed by atoms with Gasteiger partial charge in [0.1, 0.15) is 5.75 Å². The minimum absolute atomic E-state index is 0.699. The van der Waals surface area contributed by atoms with Crippen LogP contribution in [0, 0.1) is 0 Å². The highest BCUT2D eigenvalue weighted by Gasteiger charge is 2.08. The standard InChI is InChI=1S/C12H17OSi/c1-5-10-8-7-9-11(6-2)12(10)13-14(3)4/h5,7-9H,1,6H2,2-4H3. The zero-order chi connectivity index (χ0) is 10.6. The van der Waals surface area contributed by atoms with Gasteiger partial charge in [0.2, 0.25) is 0 Å². The maximum atomic E-state index is 5.89. The highest BCUT2D eigenvalue weighted by molar-refractivity contribution is 6.49. The number of para-hydroxylation sites is 1. The molecule has 2 heteroatoms. The molecule has 0 aliphatic heterocycles. The average molecular weight is 205 g/mol. The molecule has 1 aromatic carbocycles. The first kappa shape index (κ1) is 11.1. The van der Waals surface area contributed by atoms with E-state index in [1.807, 2.05) is 12.1 Å². The van der Waals surface area contributed by atoms with Crippen molar-refractivity contribution in [1.29, 1.82) is 0 Å². The van der Waals surface area contributed by atoms with Crippen LogP contribution in [-0.2, 0) is 6.42 Å². The Hall–Kier alpha value is -1.02. The van der Waals surface area contributed by atoms with Crippen molar-refractivity contribution < 1.29 is 4.43 Å². The molecule has 0 aromatic heterocycles. The molecular formula is C12H17OSi. The molecule has 0 saturated heterocycles. The molecule has 1 nitrogen and oxygen atoms in total. The summed E-state index contributed by atoms with van der Waals surface area (Å²) >= 11 is 0. The van der Waals surface area contributed by atoms with Crippen molar-refractivity contribution in [2.45, 2.75) is 26.4 Å². The quantitative estimate of drug-likeness (QED) is 0.683. The average Bonchev–Trinajstić information content (AvgIpc) is 2.17. The van der Waals surface area contributed by atoms with Crippen LogP contribution in [0.3, 0.4) is 0 Å². The van der Waals surface area contributed by atoms with Crippen LogP contribution in [0.2, 0.25) is 13.1 Å². The number of rotatable bonds is 4. The first-order chi connectivity index (χ1) is 6.69. The topological polar surface area (TPSA) is 9.23 Å². The van der Waals surface area contributed by atoms with E-state index >= 15 is 0 Å². The fourth-order valence-electron chi connectivity index (χ4n) is 1.37. The highest BCUT2D eigenvalue weighted by Crippen LogP contribution is 2.26. The second-order valence-corrected chi connectivity index (χ2v) is 5.42. The monoisotopic (exact) mass is 205 g/mol. The zero-order valence-electron chi connectivity index (χ0n) is 9.13. The van der Waals surface area contributed by atoms with Gasteiger partial charge in [-0.05, 0) is 25.1 Å². The Morgan fingerprint density at radius 2 is 2.14 bits per heavy atom. The molecule has 1 aromatic rings. The van der Waals surface area contributed by atoms with E-state index in [1.54, 1.807) is 0 Å². The van der Waals surface area contributed by atoms with Gasteiger partial charge in [0.25, 0.3) is 9.04 Å². The Kier molecular flexibility index (Phi) is 3.95. The molecule has 0 heterocycles. The van der Waals surface area contributed by atoms with Gasteiger partial charge in [0.15, 0.2) is 0 Å². The van der Waals surface area contributed by atoms with Crippen LogP contribution >= 0.6 is 0 Å². The van der Waals surface area contributed by atoms with Crippen molar-refractivity contribution >= 4 is 15.1 Å². The Morgan fingerprint density at radius 3 is 2.64 bits per heavy atom. The molecular weight excluding hydrogens is 188 g/mol. The van der Waals surface area contributed by atoms with Crippen LogP contribution in [0.5, 0.6) is 5.75 Å². The smallest absolute Gasteiger partial charge is 0.274 e. The Balaban J connectivity index is 3.12. The SMILES string of the molecule is C=Cc1cccc(CC)c1O[Si](C)C. The predicted molar refractivity (Wildman–Crippen MR) is 64.0 cm³/mol. The Labute approximate surface area is 88.1 Å². The number of hydrogen-bond donors (Lipinski definition) is 0. The van der Waals surface area contributed by atoms with Crippen LogP contribution < -0.4 is 4.43 Å². The van der Waals surface area contributed by atoms with E-state index in [4.69, 9.17) is 4.43 Å². The molecule has 0 aliphatic rings.